The zero-order valence-electron chi connectivity index (χ0n) is 14.9. The number of dihydropyridines is 2. The summed E-state index contributed by atoms with van der Waals surface area (Å²) in [5.41, 5.74) is 3.50. The van der Waals surface area contributed by atoms with Gasteiger partial charge < -0.3 is 41.7 Å². The zero-order chi connectivity index (χ0) is 19.1. The molecule has 0 unspecified atom stereocenters. The van der Waals surface area contributed by atoms with Gasteiger partial charge in [0.25, 0.3) is 0 Å². The van der Waals surface area contributed by atoms with Crippen molar-refractivity contribution in [2.24, 2.45) is 0 Å². The maximum atomic E-state index is 10.1. The Kier molecular flexibility index (Phi) is 6.76. The largest absolute Gasteiger partial charge is 0.505 e. The first-order valence-corrected chi connectivity index (χ1v) is 8.30. The molecule has 0 spiro atoms. The summed E-state index contributed by atoms with van der Waals surface area (Å²) in [7, 11) is 0. The number of nitrogens with one attached hydrogen (secondary N) is 4. The van der Waals surface area contributed by atoms with Gasteiger partial charge in [-0.15, -0.1) is 0 Å². The van der Waals surface area contributed by atoms with E-state index in [1.807, 2.05) is 0 Å². The normalized spacial score (nSPS) is 20.6. The number of aliphatic hydroxyl groups excluding tert-OH is 4. The van der Waals surface area contributed by atoms with E-state index in [2.05, 4.69) is 21.3 Å². The molecule has 0 fully saturated rings. The smallest absolute Gasteiger partial charge is 0.143 e. The second-order valence-corrected chi connectivity index (χ2v) is 5.92. The van der Waals surface area contributed by atoms with Crippen LogP contribution in [0.4, 0.5) is 0 Å². The summed E-state index contributed by atoms with van der Waals surface area (Å²) < 4.78 is 0. The number of rotatable bonds is 7. The number of hydrogen-bond acceptors (Lipinski definition) is 8. The van der Waals surface area contributed by atoms with Crippen molar-refractivity contribution in [3.63, 3.8) is 0 Å². The van der Waals surface area contributed by atoms with E-state index in [-0.39, 0.29) is 24.7 Å². The molecule has 0 saturated carbocycles. The van der Waals surface area contributed by atoms with E-state index >= 15 is 0 Å². The van der Waals surface area contributed by atoms with Crippen LogP contribution in [0.15, 0.2) is 70.0 Å². The molecule has 2 rings (SSSR count). The standard InChI is InChI=1S/C18H26N4O4/c1-11-17(25)15(13(9-23)5-21-11)7-19-3-4-20-8-16-14(10-24)6-22-12(2)18(16)26/h5-8,19-26H,3-4,9-10H2,1-2H3/b15-7-,16-8-. The monoisotopic (exact) mass is 362 g/mol. The molecule has 0 amide bonds. The average Bonchev–Trinajstić information content (AvgIpc) is 2.64. The van der Waals surface area contributed by atoms with Gasteiger partial charge in [-0.05, 0) is 13.8 Å². The summed E-state index contributed by atoms with van der Waals surface area (Å²) in [5.74, 6) is 0.189. The van der Waals surface area contributed by atoms with Crippen LogP contribution in [0, 0.1) is 0 Å². The molecule has 2 aliphatic rings. The molecule has 2 aliphatic heterocycles. The van der Waals surface area contributed by atoms with Crippen LogP contribution in [-0.2, 0) is 0 Å². The molecule has 8 nitrogen and oxygen atoms in total. The fourth-order valence-electron chi connectivity index (χ4n) is 2.47. The molecule has 0 atom stereocenters. The topological polar surface area (TPSA) is 129 Å². The second kappa shape index (κ2) is 9.02. The van der Waals surface area contributed by atoms with Gasteiger partial charge in [0.2, 0.25) is 0 Å². The molecule has 2 heterocycles. The summed E-state index contributed by atoms with van der Waals surface area (Å²) in [6, 6.07) is 0. The molecular weight excluding hydrogens is 336 g/mol. The lowest BCUT2D eigenvalue weighted by Crippen LogP contribution is -2.24. The van der Waals surface area contributed by atoms with Crippen LogP contribution in [-0.4, -0.2) is 46.7 Å². The van der Waals surface area contributed by atoms with Gasteiger partial charge in [0.05, 0.1) is 24.6 Å². The molecule has 142 valence electrons. The van der Waals surface area contributed by atoms with Crippen LogP contribution in [0.1, 0.15) is 13.8 Å². The third kappa shape index (κ3) is 4.41. The second-order valence-electron chi connectivity index (χ2n) is 5.92. The van der Waals surface area contributed by atoms with Gasteiger partial charge in [0.15, 0.2) is 0 Å². The molecule has 26 heavy (non-hydrogen) atoms. The highest BCUT2D eigenvalue weighted by atomic mass is 16.3. The van der Waals surface area contributed by atoms with Crippen LogP contribution < -0.4 is 21.3 Å². The van der Waals surface area contributed by atoms with Crippen molar-refractivity contribution in [2.45, 2.75) is 13.8 Å². The first-order valence-electron chi connectivity index (χ1n) is 8.30. The summed E-state index contributed by atoms with van der Waals surface area (Å²) in [5, 5.41) is 50.8. The summed E-state index contributed by atoms with van der Waals surface area (Å²) >= 11 is 0. The Hall–Kier alpha value is -2.84. The summed E-state index contributed by atoms with van der Waals surface area (Å²) in [6.45, 7) is 4.22. The van der Waals surface area contributed by atoms with Crippen molar-refractivity contribution >= 4 is 0 Å². The van der Waals surface area contributed by atoms with E-state index in [0.29, 0.717) is 46.8 Å². The minimum atomic E-state index is -0.183. The minimum absolute atomic E-state index is 0.0945. The third-order valence-electron chi connectivity index (χ3n) is 4.09. The molecule has 0 radical (unpaired) electrons. The Morgan fingerprint density at radius 1 is 0.808 bits per heavy atom. The molecule has 0 aromatic carbocycles. The maximum Gasteiger partial charge on any atom is 0.143 e. The Morgan fingerprint density at radius 2 is 1.19 bits per heavy atom. The highest BCUT2D eigenvalue weighted by Gasteiger charge is 2.17. The first kappa shape index (κ1) is 19.5. The van der Waals surface area contributed by atoms with Crippen LogP contribution in [0.5, 0.6) is 0 Å². The lowest BCUT2D eigenvalue weighted by Gasteiger charge is -2.19. The molecule has 0 aromatic heterocycles. The van der Waals surface area contributed by atoms with Crippen LogP contribution in [0.25, 0.3) is 0 Å². The third-order valence-corrected chi connectivity index (χ3v) is 4.09. The highest BCUT2D eigenvalue weighted by Crippen LogP contribution is 2.23. The Morgan fingerprint density at radius 3 is 1.54 bits per heavy atom. The SMILES string of the molecule is CC1=C(O)/C(=C\NCCN/C=C2/C(CO)=CNC(C)=C2O)C(CO)=CN1. The number of aliphatic hydroxyl groups is 4. The van der Waals surface area contributed by atoms with Crippen LogP contribution in [0.3, 0.4) is 0 Å². The lowest BCUT2D eigenvalue weighted by atomic mass is 10.0. The molecule has 0 aliphatic carbocycles. The Bertz CT molecular complexity index is 667. The van der Waals surface area contributed by atoms with Gasteiger partial charge in [-0.3, -0.25) is 0 Å². The van der Waals surface area contributed by atoms with Gasteiger partial charge in [-0.25, -0.2) is 0 Å². The average molecular weight is 362 g/mol. The molecular formula is C18H26N4O4. The van der Waals surface area contributed by atoms with E-state index in [1.54, 1.807) is 38.6 Å². The van der Waals surface area contributed by atoms with E-state index in [4.69, 9.17) is 0 Å². The summed E-state index contributed by atoms with van der Waals surface area (Å²) in [6.07, 6.45) is 6.62. The summed E-state index contributed by atoms with van der Waals surface area (Å²) in [4.78, 5) is 0. The molecule has 0 aromatic rings. The molecule has 0 saturated heterocycles. The van der Waals surface area contributed by atoms with Crippen LogP contribution in [0.2, 0.25) is 0 Å². The Labute approximate surface area is 152 Å². The van der Waals surface area contributed by atoms with Gasteiger partial charge in [0, 0.05) is 60.2 Å². The highest BCUT2D eigenvalue weighted by molar-refractivity contribution is 5.48. The first-order chi connectivity index (χ1) is 12.5. The minimum Gasteiger partial charge on any atom is -0.505 e. The van der Waals surface area contributed by atoms with Crippen molar-refractivity contribution in [1.82, 2.24) is 21.3 Å². The van der Waals surface area contributed by atoms with Crippen molar-refractivity contribution in [2.75, 3.05) is 26.3 Å². The van der Waals surface area contributed by atoms with Gasteiger partial charge in [0.1, 0.15) is 11.5 Å². The quantitative estimate of drug-likeness (QED) is 0.307. The zero-order valence-corrected chi connectivity index (χ0v) is 14.9. The molecule has 8 N–H and O–H groups in total. The van der Waals surface area contributed by atoms with E-state index in [0.717, 1.165) is 0 Å². The van der Waals surface area contributed by atoms with Crippen LogP contribution >= 0.6 is 0 Å². The fraction of sp³-hybridized carbons (Fsp3) is 0.333. The predicted molar refractivity (Wildman–Crippen MR) is 99.4 cm³/mol. The molecule has 0 bridgehead atoms. The van der Waals surface area contributed by atoms with Crippen molar-refractivity contribution < 1.29 is 20.4 Å². The number of allylic oxidation sites excluding steroid dienone is 4. The fourth-order valence-corrected chi connectivity index (χ4v) is 2.47. The van der Waals surface area contributed by atoms with Crippen molar-refractivity contribution in [3.8, 4) is 0 Å². The van der Waals surface area contributed by atoms with Gasteiger partial charge >= 0.3 is 0 Å². The van der Waals surface area contributed by atoms with Gasteiger partial charge in [-0.2, -0.15) is 0 Å². The van der Waals surface area contributed by atoms with Crippen molar-refractivity contribution in [3.05, 3.63) is 70.0 Å². The van der Waals surface area contributed by atoms with Gasteiger partial charge in [-0.1, -0.05) is 0 Å². The maximum absolute atomic E-state index is 10.1. The van der Waals surface area contributed by atoms with E-state index in [1.165, 1.54) is 0 Å². The predicted octanol–water partition coefficient (Wildman–Crippen LogP) is 0.471. The lowest BCUT2D eigenvalue weighted by molar-refractivity contribution is 0.326. The Balaban J connectivity index is 1.90. The van der Waals surface area contributed by atoms with Crippen molar-refractivity contribution in [1.29, 1.82) is 0 Å². The van der Waals surface area contributed by atoms with E-state index in [9.17, 15) is 20.4 Å². The van der Waals surface area contributed by atoms with E-state index < -0.39 is 0 Å². The number of hydrogen-bond donors (Lipinski definition) is 8. The molecule has 8 heteroatoms.